The fourth-order valence-electron chi connectivity index (χ4n) is 4.39. The number of nitrogens with zero attached hydrogens (tertiary/aromatic N) is 2. The van der Waals surface area contributed by atoms with Gasteiger partial charge >= 0.3 is 0 Å². The Bertz CT molecular complexity index is 570. The summed E-state index contributed by atoms with van der Waals surface area (Å²) in [4.78, 5) is 41.5. The summed E-state index contributed by atoms with van der Waals surface area (Å²) < 4.78 is 0. The van der Waals surface area contributed by atoms with Gasteiger partial charge in [0, 0.05) is 39.6 Å². The van der Waals surface area contributed by atoms with Crippen molar-refractivity contribution in [3.63, 3.8) is 0 Å². The molecule has 2 atom stereocenters. The number of amides is 3. The highest BCUT2D eigenvalue weighted by atomic mass is 16.2. The van der Waals surface area contributed by atoms with Gasteiger partial charge in [-0.05, 0) is 43.4 Å². The van der Waals surface area contributed by atoms with Crippen LogP contribution < -0.4 is 10.6 Å². The van der Waals surface area contributed by atoms with Crippen LogP contribution in [0.25, 0.3) is 0 Å². The summed E-state index contributed by atoms with van der Waals surface area (Å²) in [7, 11) is 0. The molecule has 0 aromatic heterocycles. The first-order valence-corrected chi connectivity index (χ1v) is 11.3. The average Bonchev–Trinajstić information content (AvgIpc) is 2.66. The second-order valence-electron chi connectivity index (χ2n) is 9.52. The average molecular weight is 409 g/mol. The maximum Gasteiger partial charge on any atom is 0.245 e. The van der Waals surface area contributed by atoms with E-state index in [4.69, 9.17) is 0 Å². The van der Waals surface area contributed by atoms with E-state index in [0.29, 0.717) is 50.4 Å². The minimum atomic E-state index is -0.369. The molecule has 7 heteroatoms. The van der Waals surface area contributed by atoms with Gasteiger partial charge in [0.05, 0.1) is 6.04 Å². The fraction of sp³-hybridized carbons (Fsp3) is 0.864. The lowest BCUT2D eigenvalue weighted by Gasteiger charge is -2.42. The van der Waals surface area contributed by atoms with Crippen molar-refractivity contribution in [2.24, 2.45) is 17.8 Å². The van der Waals surface area contributed by atoms with Crippen LogP contribution in [-0.4, -0.2) is 72.3 Å². The highest BCUT2D eigenvalue weighted by Crippen LogP contribution is 2.23. The van der Waals surface area contributed by atoms with Crippen LogP contribution in [0.1, 0.15) is 60.3 Å². The monoisotopic (exact) mass is 408 g/mol. The number of likely N-dealkylation sites (tertiary alicyclic amines) is 1. The molecule has 2 aliphatic heterocycles. The van der Waals surface area contributed by atoms with E-state index in [1.165, 1.54) is 6.92 Å². The van der Waals surface area contributed by atoms with Crippen molar-refractivity contribution in [2.45, 2.75) is 72.4 Å². The van der Waals surface area contributed by atoms with Gasteiger partial charge in [0.1, 0.15) is 6.04 Å². The van der Waals surface area contributed by atoms with Gasteiger partial charge in [0.25, 0.3) is 0 Å². The third-order valence-corrected chi connectivity index (χ3v) is 5.95. The Hall–Kier alpha value is -1.63. The Morgan fingerprint density at radius 1 is 1.10 bits per heavy atom. The van der Waals surface area contributed by atoms with Crippen molar-refractivity contribution in [2.75, 3.05) is 32.7 Å². The first-order valence-electron chi connectivity index (χ1n) is 11.3. The van der Waals surface area contributed by atoms with Gasteiger partial charge in [-0.25, -0.2) is 0 Å². The molecule has 0 spiro atoms. The Morgan fingerprint density at radius 3 is 2.31 bits per heavy atom. The SMILES string of the molecule is CC(=O)NCC1CCN(C(=O)C(CC(C)C)N2CCN[C@@H](CC(C)C)C2=O)CC1. The normalized spacial score (nSPS) is 22.3. The molecule has 29 heavy (non-hydrogen) atoms. The molecule has 2 saturated heterocycles. The van der Waals surface area contributed by atoms with Gasteiger partial charge in [-0.15, -0.1) is 0 Å². The Kier molecular flexibility index (Phi) is 8.93. The molecular weight excluding hydrogens is 368 g/mol. The molecule has 2 rings (SSSR count). The Labute approximate surface area is 175 Å². The van der Waals surface area contributed by atoms with E-state index in [-0.39, 0.29) is 29.8 Å². The van der Waals surface area contributed by atoms with E-state index in [0.717, 1.165) is 25.8 Å². The summed E-state index contributed by atoms with van der Waals surface area (Å²) in [6.07, 6.45) is 3.29. The van der Waals surface area contributed by atoms with Gasteiger partial charge in [-0.1, -0.05) is 27.7 Å². The molecule has 166 valence electrons. The van der Waals surface area contributed by atoms with Crippen LogP contribution in [0.5, 0.6) is 0 Å². The van der Waals surface area contributed by atoms with E-state index < -0.39 is 0 Å². The number of carbonyl (C=O) groups is 3. The molecule has 7 nitrogen and oxygen atoms in total. The Morgan fingerprint density at radius 2 is 1.76 bits per heavy atom. The summed E-state index contributed by atoms with van der Waals surface area (Å²) in [5.74, 6) is 1.35. The minimum absolute atomic E-state index is 0.00586. The highest BCUT2D eigenvalue weighted by molar-refractivity contribution is 5.90. The quantitative estimate of drug-likeness (QED) is 0.639. The maximum atomic E-state index is 13.4. The summed E-state index contributed by atoms with van der Waals surface area (Å²) >= 11 is 0. The van der Waals surface area contributed by atoms with Crippen molar-refractivity contribution < 1.29 is 14.4 Å². The molecule has 2 heterocycles. The zero-order valence-electron chi connectivity index (χ0n) is 18.9. The van der Waals surface area contributed by atoms with E-state index in [2.05, 4.69) is 38.3 Å². The molecule has 1 unspecified atom stereocenters. The number of nitrogens with one attached hydrogen (secondary N) is 2. The number of carbonyl (C=O) groups excluding carboxylic acids is 3. The smallest absolute Gasteiger partial charge is 0.245 e. The number of piperazine rings is 1. The molecule has 0 aliphatic carbocycles. The molecule has 2 fully saturated rings. The van der Waals surface area contributed by atoms with Gasteiger partial charge in [-0.2, -0.15) is 0 Å². The second kappa shape index (κ2) is 11.0. The van der Waals surface area contributed by atoms with Crippen molar-refractivity contribution in [3.8, 4) is 0 Å². The molecular formula is C22H40N4O3. The van der Waals surface area contributed by atoms with Crippen molar-refractivity contribution >= 4 is 17.7 Å². The van der Waals surface area contributed by atoms with Crippen molar-refractivity contribution in [1.29, 1.82) is 0 Å². The molecule has 0 radical (unpaired) electrons. The molecule has 0 aromatic carbocycles. The molecule has 0 saturated carbocycles. The minimum Gasteiger partial charge on any atom is -0.356 e. The van der Waals surface area contributed by atoms with Gasteiger partial charge in [0.2, 0.25) is 17.7 Å². The zero-order chi connectivity index (χ0) is 21.6. The predicted molar refractivity (Wildman–Crippen MR) is 114 cm³/mol. The summed E-state index contributed by atoms with van der Waals surface area (Å²) in [6, 6.07) is -0.555. The van der Waals surface area contributed by atoms with Crippen LogP contribution in [0.3, 0.4) is 0 Å². The summed E-state index contributed by atoms with van der Waals surface area (Å²) in [5, 5.41) is 6.22. The van der Waals surface area contributed by atoms with E-state index in [1.54, 1.807) is 0 Å². The van der Waals surface area contributed by atoms with Crippen LogP contribution in [0, 0.1) is 17.8 Å². The topological polar surface area (TPSA) is 81.8 Å². The third-order valence-electron chi connectivity index (χ3n) is 5.95. The largest absolute Gasteiger partial charge is 0.356 e. The van der Waals surface area contributed by atoms with Crippen LogP contribution >= 0.6 is 0 Å². The van der Waals surface area contributed by atoms with Crippen LogP contribution in [-0.2, 0) is 14.4 Å². The fourth-order valence-corrected chi connectivity index (χ4v) is 4.39. The zero-order valence-corrected chi connectivity index (χ0v) is 18.9. The van der Waals surface area contributed by atoms with Crippen LogP contribution in [0.15, 0.2) is 0 Å². The van der Waals surface area contributed by atoms with Gasteiger partial charge in [0.15, 0.2) is 0 Å². The highest BCUT2D eigenvalue weighted by Gasteiger charge is 2.39. The molecule has 0 bridgehead atoms. The van der Waals surface area contributed by atoms with E-state index >= 15 is 0 Å². The van der Waals surface area contributed by atoms with E-state index in [9.17, 15) is 14.4 Å². The number of piperidine rings is 1. The predicted octanol–water partition coefficient (Wildman–Crippen LogP) is 1.62. The molecule has 3 amide bonds. The summed E-state index contributed by atoms with van der Waals surface area (Å²) in [6.45, 7) is 13.4. The van der Waals surface area contributed by atoms with Crippen molar-refractivity contribution in [3.05, 3.63) is 0 Å². The molecule has 0 aromatic rings. The molecule has 2 aliphatic rings. The third kappa shape index (κ3) is 6.98. The first kappa shape index (κ1) is 23.6. The lowest BCUT2D eigenvalue weighted by Crippen LogP contribution is -2.62. The molecule has 2 N–H and O–H groups in total. The van der Waals surface area contributed by atoms with E-state index in [1.807, 2.05) is 9.80 Å². The number of hydrogen-bond acceptors (Lipinski definition) is 4. The summed E-state index contributed by atoms with van der Waals surface area (Å²) in [5.41, 5.74) is 0. The Balaban J connectivity index is 2.03. The van der Waals surface area contributed by atoms with Gasteiger partial charge < -0.3 is 20.4 Å². The lowest BCUT2D eigenvalue weighted by atomic mass is 9.93. The van der Waals surface area contributed by atoms with Crippen molar-refractivity contribution in [1.82, 2.24) is 20.4 Å². The number of rotatable bonds is 8. The number of hydrogen-bond donors (Lipinski definition) is 2. The lowest BCUT2D eigenvalue weighted by molar-refractivity contribution is -0.150. The van der Waals surface area contributed by atoms with Crippen LogP contribution in [0.2, 0.25) is 0 Å². The first-order chi connectivity index (χ1) is 13.7. The standard InChI is InChI=1S/C22H40N4O3/c1-15(2)12-19-21(28)26(11-8-23-19)20(13-16(3)4)22(29)25-9-6-18(7-10-25)14-24-17(5)27/h15-16,18-20,23H,6-14H2,1-5H3,(H,24,27)/t19-,20?/m0/s1. The second-order valence-corrected chi connectivity index (χ2v) is 9.52. The van der Waals surface area contributed by atoms with Gasteiger partial charge in [-0.3, -0.25) is 14.4 Å². The van der Waals surface area contributed by atoms with Crippen LogP contribution in [0.4, 0.5) is 0 Å². The maximum absolute atomic E-state index is 13.4.